The number of rotatable bonds is 4. The highest BCUT2D eigenvalue weighted by atomic mass is 19.1. The summed E-state index contributed by atoms with van der Waals surface area (Å²) in [5, 5.41) is 0. The predicted molar refractivity (Wildman–Crippen MR) is 72.0 cm³/mol. The number of hydrogen-bond donors (Lipinski definition) is 1. The molecule has 1 aromatic carbocycles. The Kier molecular flexibility index (Phi) is 4.50. The lowest BCUT2D eigenvalue weighted by molar-refractivity contribution is -0.119. The molecule has 0 aliphatic carbocycles. The summed E-state index contributed by atoms with van der Waals surface area (Å²) < 4.78 is 13.7. The summed E-state index contributed by atoms with van der Waals surface area (Å²) in [5.74, 6) is -0.454. The van der Waals surface area contributed by atoms with E-state index in [0.717, 1.165) is 31.7 Å². The third-order valence-corrected chi connectivity index (χ3v) is 3.69. The summed E-state index contributed by atoms with van der Waals surface area (Å²) in [6.45, 7) is 5.55. The van der Waals surface area contributed by atoms with Crippen LogP contribution in [0, 0.1) is 5.82 Å². The average Bonchev–Trinajstić information content (AvgIpc) is 2.39. The zero-order valence-corrected chi connectivity index (χ0v) is 11.2. The van der Waals surface area contributed by atoms with E-state index < -0.39 is 0 Å². The second kappa shape index (κ2) is 6.12. The quantitative estimate of drug-likeness (QED) is 0.883. The van der Waals surface area contributed by atoms with Gasteiger partial charge in [-0.25, -0.2) is 4.39 Å². The largest absolute Gasteiger partial charge is 0.369 e. The predicted octanol–water partition coefficient (Wildman–Crippen LogP) is 0.990. The molecule has 19 heavy (non-hydrogen) atoms. The van der Waals surface area contributed by atoms with E-state index in [1.54, 1.807) is 6.07 Å². The standard InChI is InChI=1S/C14H20FN3O/c1-11(12-4-2-3-5-13(12)15)18-8-6-17(7-9-18)10-14(16)19/h2-5,11H,6-10H2,1H3,(H2,16,19)/t11-/m1/s1. The first-order valence-electron chi connectivity index (χ1n) is 6.57. The summed E-state index contributed by atoms with van der Waals surface area (Å²) in [7, 11) is 0. The number of primary amides is 1. The summed E-state index contributed by atoms with van der Waals surface area (Å²) >= 11 is 0. The van der Waals surface area contributed by atoms with Gasteiger partial charge in [0.05, 0.1) is 6.54 Å². The maximum absolute atomic E-state index is 13.7. The van der Waals surface area contributed by atoms with Crippen molar-refractivity contribution in [1.29, 1.82) is 0 Å². The van der Waals surface area contributed by atoms with Gasteiger partial charge in [-0.15, -0.1) is 0 Å². The Bertz CT molecular complexity index is 444. The summed E-state index contributed by atoms with van der Waals surface area (Å²) in [6.07, 6.45) is 0. The van der Waals surface area contributed by atoms with Crippen molar-refractivity contribution in [2.75, 3.05) is 32.7 Å². The molecule has 1 atom stereocenters. The van der Waals surface area contributed by atoms with Crippen LogP contribution < -0.4 is 5.73 Å². The summed E-state index contributed by atoms with van der Waals surface area (Å²) in [4.78, 5) is 15.1. The Morgan fingerprint density at radius 3 is 2.53 bits per heavy atom. The Hall–Kier alpha value is -1.46. The molecule has 1 aromatic rings. The second-order valence-electron chi connectivity index (χ2n) is 4.98. The minimum Gasteiger partial charge on any atom is -0.369 e. The molecule has 5 heteroatoms. The monoisotopic (exact) mass is 265 g/mol. The van der Waals surface area contributed by atoms with Gasteiger partial charge in [-0.2, -0.15) is 0 Å². The lowest BCUT2D eigenvalue weighted by atomic mass is 10.1. The number of halogens is 1. The van der Waals surface area contributed by atoms with Crippen LogP contribution in [0.1, 0.15) is 18.5 Å². The molecule has 1 aliphatic rings. The molecule has 1 heterocycles. The van der Waals surface area contributed by atoms with Gasteiger partial charge in [-0.3, -0.25) is 14.6 Å². The van der Waals surface area contributed by atoms with E-state index in [4.69, 9.17) is 5.73 Å². The van der Waals surface area contributed by atoms with Crippen LogP contribution in [0.2, 0.25) is 0 Å². The Labute approximate surface area is 113 Å². The fraction of sp³-hybridized carbons (Fsp3) is 0.500. The van der Waals surface area contributed by atoms with E-state index in [0.29, 0.717) is 6.54 Å². The Morgan fingerprint density at radius 2 is 1.95 bits per heavy atom. The van der Waals surface area contributed by atoms with Crippen LogP contribution in [-0.4, -0.2) is 48.4 Å². The van der Waals surface area contributed by atoms with Gasteiger partial charge < -0.3 is 5.73 Å². The van der Waals surface area contributed by atoms with E-state index in [1.165, 1.54) is 6.07 Å². The SMILES string of the molecule is C[C@H](c1ccccc1F)N1CCN(CC(N)=O)CC1. The van der Waals surface area contributed by atoms with Crippen LogP contribution in [0.25, 0.3) is 0 Å². The second-order valence-corrected chi connectivity index (χ2v) is 4.98. The van der Waals surface area contributed by atoms with E-state index in [-0.39, 0.29) is 17.8 Å². The lowest BCUT2D eigenvalue weighted by Gasteiger charge is -2.37. The molecular weight excluding hydrogens is 245 g/mol. The number of amides is 1. The minimum atomic E-state index is -0.296. The fourth-order valence-electron chi connectivity index (χ4n) is 2.54. The third-order valence-electron chi connectivity index (χ3n) is 3.69. The number of carbonyl (C=O) groups is 1. The number of benzene rings is 1. The molecule has 0 bridgehead atoms. The number of hydrogen-bond acceptors (Lipinski definition) is 3. The molecule has 1 aliphatic heterocycles. The molecule has 1 fully saturated rings. The van der Waals surface area contributed by atoms with Crippen molar-refractivity contribution in [3.63, 3.8) is 0 Å². The normalized spacial score (nSPS) is 19.3. The first kappa shape index (κ1) is 14.0. The third kappa shape index (κ3) is 3.52. The molecule has 1 amide bonds. The van der Waals surface area contributed by atoms with Crippen molar-refractivity contribution in [2.45, 2.75) is 13.0 Å². The van der Waals surface area contributed by atoms with E-state index in [2.05, 4.69) is 4.90 Å². The number of nitrogens with two attached hydrogens (primary N) is 1. The molecular formula is C14H20FN3O. The molecule has 1 saturated heterocycles. The van der Waals surface area contributed by atoms with E-state index in [9.17, 15) is 9.18 Å². The summed E-state index contributed by atoms with van der Waals surface area (Å²) in [5.41, 5.74) is 5.91. The highest BCUT2D eigenvalue weighted by Gasteiger charge is 2.23. The fourth-order valence-corrected chi connectivity index (χ4v) is 2.54. The van der Waals surface area contributed by atoms with Crippen molar-refractivity contribution < 1.29 is 9.18 Å². The van der Waals surface area contributed by atoms with Crippen LogP contribution >= 0.6 is 0 Å². The van der Waals surface area contributed by atoms with Gasteiger partial charge in [0.15, 0.2) is 0 Å². The lowest BCUT2D eigenvalue weighted by Crippen LogP contribution is -2.49. The Morgan fingerprint density at radius 1 is 1.32 bits per heavy atom. The van der Waals surface area contributed by atoms with Crippen molar-refractivity contribution in [2.24, 2.45) is 5.73 Å². The van der Waals surface area contributed by atoms with Gasteiger partial charge in [0.25, 0.3) is 0 Å². The van der Waals surface area contributed by atoms with Crippen molar-refractivity contribution in [1.82, 2.24) is 9.80 Å². The maximum Gasteiger partial charge on any atom is 0.231 e. The molecule has 2 N–H and O–H groups in total. The highest BCUT2D eigenvalue weighted by Crippen LogP contribution is 2.23. The molecule has 0 unspecified atom stereocenters. The smallest absolute Gasteiger partial charge is 0.231 e. The van der Waals surface area contributed by atoms with Gasteiger partial charge in [-0.05, 0) is 13.0 Å². The first-order chi connectivity index (χ1) is 9.08. The minimum absolute atomic E-state index is 0.0527. The zero-order valence-electron chi connectivity index (χ0n) is 11.2. The molecule has 4 nitrogen and oxygen atoms in total. The van der Waals surface area contributed by atoms with Crippen LogP contribution in [0.4, 0.5) is 4.39 Å². The molecule has 0 spiro atoms. The van der Waals surface area contributed by atoms with Crippen LogP contribution in [0.15, 0.2) is 24.3 Å². The number of piperazine rings is 1. The summed E-state index contributed by atoms with van der Waals surface area (Å²) in [6, 6.07) is 6.94. The first-order valence-corrected chi connectivity index (χ1v) is 6.57. The Balaban J connectivity index is 1.94. The molecule has 0 radical (unpaired) electrons. The van der Waals surface area contributed by atoms with Crippen molar-refractivity contribution in [3.05, 3.63) is 35.6 Å². The van der Waals surface area contributed by atoms with Gasteiger partial charge in [0.2, 0.25) is 5.91 Å². The van der Waals surface area contributed by atoms with Crippen molar-refractivity contribution >= 4 is 5.91 Å². The van der Waals surface area contributed by atoms with Gasteiger partial charge in [0, 0.05) is 37.8 Å². The maximum atomic E-state index is 13.7. The topological polar surface area (TPSA) is 49.6 Å². The van der Waals surface area contributed by atoms with Gasteiger partial charge in [0.1, 0.15) is 5.82 Å². The zero-order chi connectivity index (χ0) is 13.8. The number of nitrogens with zero attached hydrogens (tertiary/aromatic N) is 2. The number of carbonyl (C=O) groups excluding carboxylic acids is 1. The van der Waals surface area contributed by atoms with Crippen molar-refractivity contribution in [3.8, 4) is 0 Å². The average molecular weight is 265 g/mol. The molecule has 104 valence electrons. The van der Waals surface area contributed by atoms with Gasteiger partial charge >= 0.3 is 0 Å². The van der Waals surface area contributed by atoms with Crippen LogP contribution in [0.5, 0.6) is 0 Å². The van der Waals surface area contributed by atoms with Crippen LogP contribution in [-0.2, 0) is 4.79 Å². The van der Waals surface area contributed by atoms with Crippen LogP contribution in [0.3, 0.4) is 0 Å². The highest BCUT2D eigenvalue weighted by molar-refractivity contribution is 5.75. The molecule has 0 saturated carbocycles. The molecule has 0 aromatic heterocycles. The van der Waals surface area contributed by atoms with E-state index >= 15 is 0 Å². The molecule has 2 rings (SSSR count). The van der Waals surface area contributed by atoms with E-state index in [1.807, 2.05) is 24.0 Å². The van der Waals surface area contributed by atoms with Gasteiger partial charge in [-0.1, -0.05) is 18.2 Å².